The summed E-state index contributed by atoms with van der Waals surface area (Å²) in [6.07, 6.45) is 0. The van der Waals surface area contributed by atoms with Gasteiger partial charge in [0.25, 0.3) is 5.89 Å². The Balaban J connectivity index is 2.02. The van der Waals surface area contributed by atoms with E-state index in [1.54, 1.807) is 18.2 Å². The van der Waals surface area contributed by atoms with Crippen molar-refractivity contribution in [2.75, 3.05) is 0 Å². The first kappa shape index (κ1) is 13.0. The van der Waals surface area contributed by atoms with Crippen LogP contribution in [0.15, 0.2) is 39.3 Å². The van der Waals surface area contributed by atoms with Gasteiger partial charge in [0.2, 0.25) is 5.82 Å². The van der Waals surface area contributed by atoms with E-state index in [2.05, 4.69) is 26.1 Å². The van der Waals surface area contributed by atoms with Crippen LogP contribution in [0, 0.1) is 17.1 Å². The second kappa shape index (κ2) is 5.15. The van der Waals surface area contributed by atoms with Crippen molar-refractivity contribution in [1.82, 2.24) is 10.1 Å². The van der Waals surface area contributed by atoms with Crippen LogP contribution in [-0.4, -0.2) is 10.1 Å². The van der Waals surface area contributed by atoms with Crippen LogP contribution in [-0.2, 0) is 0 Å². The predicted octanol–water partition coefficient (Wildman–Crippen LogP) is 4.24. The number of benzene rings is 1. The van der Waals surface area contributed by atoms with Gasteiger partial charge in [-0.2, -0.15) is 10.2 Å². The first-order valence-corrected chi connectivity index (χ1v) is 7.08. The SMILES string of the molecule is N#Cc1ccc(-c2nc(-c3cc(F)ccc3Br)no2)s1. The molecule has 98 valence electrons. The summed E-state index contributed by atoms with van der Waals surface area (Å²) in [5.74, 6) is 0.221. The van der Waals surface area contributed by atoms with Crippen molar-refractivity contribution in [2.45, 2.75) is 0 Å². The lowest BCUT2D eigenvalue weighted by atomic mass is 10.2. The highest BCUT2D eigenvalue weighted by Crippen LogP contribution is 2.31. The molecule has 0 atom stereocenters. The van der Waals surface area contributed by atoms with E-state index in [4.69, 9.17) is 9.78 Å². The summed E-state index contributed by atoms with van der Waals surface area (Å²) >= 11 is 4.58. The molecule has 3 aromatic rings. The highest BCUT2D eigenvalue weighted by molar-refractivity contribution is 9.10. The van der Waals surface area contributed by atoms with Gasteiger partial charge in [-0.05, 0) is 30.3 Å². The van der Waals surface area contributed by atoms with Crippen LogP contribution in [0.2, 0.25) is 0 Å². The average Bonchev–Trinajstić information content (AvgIpc) is 3.09. The van der Waals surface area contributed by atoms with E-state index >= 15 is 0 Å². The lowest BCUT2D eigenvalue weighted by Gasteiger charge is -1.98. The minimum atomic E-state index is -0.377. The Kier molecular flexibility index (Phi) is 3.34. The van der Waals surface area contributed by atoms with Gasteiger partial charge in [-0.1, -0.05) is 21.1 Å². The number of halogens is 2. The first-order chi connectivity index (χ1) is 9.67. The van der Waals surface area contributed by atoms with Crippen molar-refractivity contribution >= 4 is 27.3 Å². The van der Waals surface area contributed by atoms with Crippen LogP contribution in [0.5, 0.6) is 0 Å². The third-order valence-electron chi connectivity index (χ3n) is 2.52. The fourth-order valence-corrected chi connectivity index (χ4v) is 2.76. The van der Waals surface area contributed by atoms with E-state index in [-0.39, 0.29) is 5.82 Å². The molecular weight excluding hydrogens is 345 g/mol. The van der Waals surface area contributed by atoms with Crippen LogP contribution >= 0.6 is 27.3 Å². The topological polar surface area (TPSA) is 62.7 Å². The smallest absolute Gasteiger partial charge is 0.268 e. The minimum Gasteiger partial charge on any atom is -0.333 e. The molecule has 3 rings (SSSR count). The molecule has 0 amide bonds. The van der Waals surface area contributed by atoms with Crippen molar-refractivity contribution in [3.05, 3.63) is 45.5 Å². The lowest BCUT2D eigenvalue weighted by molar-refractivity contribution is 0.433. The Morgan fingerprint density at radius 1 is 1.30 bits per heavy atom. The van der Waals surface area contributed by atoms with Crippen LogP contribution in [0.25, 0.3) is 22.2 Å². The van der Waals surface area contributed by atoms with Gasteiger partial charge in [-0.15, -0.1) is 11.3 Å². The quantitative estimate of drug-likeness (QED) is 0.694. The zero-order chi connectivity index (χ0) is 14.1. The molecule has 0 unspecified atom stereocenters. The van der Waals surface area contributed by atoms with Crippen molar-refractivity contribution in [1.29, 1.82) is 5.26 Å². The van der Waals surface area contributed by atoms with Gasteiger partial charge in [0.15, 0.2) is 0 Å². The number of aromatic nitrogens is 2. The van der Waals surface area contributed by atoms with E-state index in [1.807, 2.05) is 6.07 Å². The van der Waals surface area contributed by atoms with Gasteiger partial charge < -0.3 is 4.52 Å². The molecule has 4 nitrogen and oxygen atoms in total. The summed E-state index contributed by atoms with van der Waals surface area (Å²) in [4.78, 5) is 5.49. The number of nitrogens with zero attached hydrogens (tertiary/aromatic N) is 3. The van der Waals surface area contributed by atoms with Crippen molar-refractivity contribution in [2.24, 2.45) is 0 Å². The van der Waals surface area contributed by atoms with Gasteiger partial charge in [-0.3, -0.25) is 0 Å². The highest BCUT2D eigenvalue weighted by atomic mass is 79.9. The number of hydrogen-bond acceptors (Lipinski definition) is 5. The Hall–Kier alpha value is -2.04. The summed E-state index contributed by atoms with van der Waals surface area (Å²) in [5, 5.41) is 12.6. The maximum atomic E-state index is 13.3. The van der Waals surface area contributed by atoms with E-state index in [0.29, 0.717) is 31.5 Å². The molecule has 0 aliphatic carbocycles. The van der Waals surface area contributed by atoms with Crippen LogP contribution in [0.1, 0.15) is 4.88 Å². The van der Waals surface area contributed by atoms with E-state index in [0.717, 1.165) is 0 Å². The number of thiophene rings is 1. The number of rotatable bonds is 2. The van der Waals surface area contributed by atoms with Gasteiger partial charge >= 0.3 is 0 Å². The molecule has 2 heterocycles. The van der Waals surface area contributed by atoms with Gasteiger partial charge in [0.05, 0.1) is 4.88 Å². The molecule has 0 saturated carbocycles. The van der Waals surface area contributed by atoms with E-state index in [1.165, 1.54) is 23.5 Å². The molecule has 0 fully saturated rings. The molecule has 0 radical (unpaired) electrons. The largest absolute Gasteiger partial charge is 0.333 e. The standard InChI is InChI=1S/C13H5BrFN3OS/c14-10-3-1-7(15)5-9(10)12-17-13(19-18-12)11-4-2-8(6-16)20-11/h1-5H. The first-order valence-electron chi connectivity index (χ1n) is 5.47. The van der Waals surface area contributed by atoms with Gasteiger partial charge in [0.1, 0.15) is 16.8 Å². The van der Waals surface area contributed by atoms with Crippen molar-refractivity contribution in [3.63, 3.8) is 0 Å². The number of hydrogen-bond donors (Lipinski definition) is 0. The van der Waals surface area contributed by atoms with Crippen LogP contribution < -0.4 is 0 Å². The molecule has 0 aliphatic rings. The Morgan fingerprint density at radius 3 is 2.90 bits per heavy atom. The normalized spacial score (nSPS) is 10.4. The second-order valence-electron chi connectivity index (χ2n) is 3.82. The zero-order valence-electron chi connectivity index (χ0n) is 9.80. The van der Waals surface area contributed by atoms with Gasteiger partial charge in [-0.25, -0.2) is 4.39 Å². The highest BCUT2D eigenvalue weighted by Gasteiger charge is 2.15. The van der Waals surface area contributed by atoms with E-state index in [9.17, 15) is 4.39 Å². The third kappa shape index (κ3) is 2.35. The molecule has 20 heavy (non-hydrogen) atoms. The van der Waals surface area contributed by atoms with Crippen LogP contribution in [0.3, 0.4) is 0 Å². The summed E-state index contributed by atoms with van der Waals surface area (Å²) in [6, 6.07) is 9.71. The molecule has 0 spiro atoms. The molecule has 0 saturated heterocycles. The summed E-state index contributed by atoms with van der Waals surface area (Å²) in [5.41, 5.74) is 0.511. The maximum Gasteiger partial charge on any atom is 0.268 e. The number of nitriles is 1. The molecule has 0 N–H and O–H groups in total. The molecule has 7 heteroatoms. The summed E-state index contributed by atoms with van der Waals surface area (Å²) in [7, 11) is 0. The Labute approximate surface area is 125 Å². The van der Waals surface area contributed by atoms with Gasteiger partial charge in [0, 0.05) is 10.0 Å². The fourth-order valence-electron chi connectivity index (χ4n) is 1.61. The average molecular weight is 350 g/mol. The van der Waals surface area contributed by atoms with Crippen LogP contribution in [0.4, 0.5) is 4.39 Å². The lowest BCUT2D eigenvalue weighted by Crippen LogP contribution is -1.84. The zero-order valence-corrected chi connectivity index (χ0v) is 12.2. The molecule has 0 bridgehead atoms. The summed E-state index contributed by atoms with van der Waals surface area (Å²) in [6.45, 7) is 0. The maximum absolute atomic E-state index is 13.3. The fraction of sp³-hybridized carbons (Fsp3) is 0. The third-order valence-corrected chi connectivity index (χ3v) is 4.19. The Morgan fingerprint density at radius 2 is 2.15 bits per heavy atom. The van der Waals surface area contributed by atoms with Crippen molar-refractivity contribution in [3.8, 4) is 28.2 Å². The molecule has 2 aromatic heterocycles. The van der Waals surface area contributed by atoms with Crippen molar-refractivity contribution < 1.29 is 8.91 Å². The molecular formula is C13H5BrFN3OS. The molecule has 0 aliphatic heterocycles. The van der Waals surface area contributed by atoms with E-state index < -0.39 is 0 Å². The molecule has 1 aromatic carbocycles. The Bertz CT molecular complexity index is 821. The summed E-state index contributed by atoms with van der Waals surface area (Å²) < 4.78 is 19.1. The second-order valence-corrected chi connectivity index (χ2v) is 5.76. The minimum absolute atomic E-state index is 0.290. The monoisotopic (exact) mass is 349 g/mol. The predicted molar refractivity (Wildman–Crippen MR) is 75.4 cm³/mol.